The minimum Gasteiger partial charge on any atom is -0.359 e. The molecule has 1 saturated heterocycles. The van der Waals surface area contributed by atoms with Crippen LogP contribution in [0.15, 0.2) is 6.07 Å². The van der Waals surface area contributed by atoms with Gasteiger partial charge >= 0.3 is 0 Å². The third-order valence-corrected chi connectivity index (χ3v) is 4.32. The van der Waals surface area contributed by atoms with Crippen molar-refractivity contribution in [2.45, 2.75) is 27.3 Å². The van der Waals surface area contributed by atoms with Crippen LogP contribution in [0.5, 0.6) is 0 Å². The highest BCUT2D eigenvalue weighted by Gasteiger charge is 2.30. The van der Waals surface area contributed by atoms with E-state index in [1.807, 2.05) is 19.9 Å². The highest BCUT2D eigenvalue weighted by Crippen LogP contribution is 2.12. The molecular weight excluding hydrogens is 310 g/mol. The van der Waals surface area contributed by atoms with Gasteiger partial charge in [0.2, 0.25) is 17.7 Å². The maximum absolute atomic E-state index is 12.6. The molecule has 132 valence electrons. The average Bonchev–Trinajstić information content (AvgIpc) is 2.75. The van der Waals surface area contributed by atoms with Crippen LogP contribution in [0.2, 0.25) is 0 Å². The molecule has 2 heterocycles. The average molecular weight is 335 g/mol. The Labute approximate surface area is 141 Å². The molecule has 0 bridgehead atoms. The van der Waals surface area contributed by atoms with Gasteiger partial charge in [0.1, 0.15) is 6.54 Å². The number of carbonyl (C=O) groups is 3. The first-order valence-electron chi connectivity index (χ1n) is 8.07. The van der Waals surface area contributed by atoms with E-state index >= 15 is 0 Å². The monoisotopic (exact) mass is 335 g/mol. The molecule has 8 nitrogen and oxygen atoms in total. The van der Waals surface area contributed by atoms with Crippen molar-refractivity contribution >= 4 is 17.7 Å². The molecule has 0 unspecified atom stereocenters. The van der Waals surface area contributed by atoms with Crippen LogP contribution in [-0.4, -0.2) is 70.5 Å². The van der Waals surface area contributed by atoms with Gasteiger partial charge in [0, 0.05) is 45.8 Å². The summed E-state index contributed by atoms with van der Waals surface area (Å²) in [5, 5.41) is 6.92. The van der Waals surface area contributed by atoms with Crippen LogP contribution in [0, 0.1) is 19.8 Å². The number of nitrogens with one attached hydrogen (secondary N) is 1. The Morgan fingerprint density at radius 1 is 1.21 bits per heavy atom. The van der Waals surface area contributed by atoms with Crippen molar-refractivity contribution in [3.63, 3.8) is 0 Å². The van der Waals surface area contributed by atoms with Gasteiger partial charge in [-0.05, 0) is 19.9 Å². The zero-order valence-electron chi connectivity index (χ0n) is 14.7. The molecule has 1 aromatic heterocycles. The third kappa shape index (κ3) is 4.12. The van der Waals surface area contributed by atoms with E-state index in [2.05, 4.69) is 10.4 Å². The van der Waals surface area contributed by atoms with Gasteiger partial charge in [-0.1, -0.05) is 0 Å². The van der Waals surface area contributed by atoms with E-state index in [9.17, 15) is 14.4 Å². The van der Waals surface area contributed by atoms with E-state index < -0.39 is 5.92 Å². The number of aromatic nitrogens is 2. The van der Waals surface area contributed by atoms with E-state index in [4.69, 9.17) is 0 Å². The fourth-order valence-corrected chi connectivity index (χ4v) is 2.96. The van der Waals surface area contributed by atoms with Crippen molar-refractivity contribution in [3.8, 4) is 0 Å². The van der Waals surface area contributed by atoms with Gasteiger partial charge in [-0.2, -0.15) is 5.10 Å². The van der Waals surface area contributed by atoms with Crippen molar-refractivity contribution in [2.75, 3.05) is 33.2 Å². The molecule has 1 atom stereocenters. The summed E-state index contributed by atoms with van der Waals surface area (Å²) in [5.41, 5.74) is 1.78. The molecular formula is C16H25N5O3. The molecule has 3 amide bonds. The van der Waals surface area contributed by atoms with E-state index in [0.717, 1.165) is 11.4 Å². The van der Waals surface area contributed by atoms with Crippen LogP contribution in [0.25, 0.3) is 0 Å². The lowest BCUT2D eigenvalue weighted by atomic mass is 10.1. The number of nitrogens with zero attached hydrogens (tertiary/aromatic N) is 4. The number of amides is 3. The molecule has 0 spiro atoms. The second kappa shape index (κ2) is 7.46. The first-order chi connectivity index (χ1) is 11.3. The van der Waals surface area contributed by atoms with Crippen molar-refractivity contribution in [2.24, 2.45) is 5.92 Å². The number of hydrogen-bond acceptors (Lipinski definition) is 4. The predicted octanol–water partition coefficient (Wildman–Crippen LogP) is -0.447. The molecule has 1 N–H and O–H groups in total. The Hall–Kier alpha value is -2.38. The molecule has 1 aromatic rings. The quantitative estimate of drug-likeness (QED) is 0.811. The zero-order chi connectivity index (χ0) is 17.9. The molecule has 24 heavy (non-hydrogen) atoms. The lowest BCUT2D eigenvalue weighted by Crippen LogP contribution is -2.42. The maximum atomic E-state index is 12.6. The normalized spacial score (nSPS) is 18.2. The van der Waals surface area contributed by atoms with Gasteiger partial charge in [-0.15, -0.1) is 0 Å². The highest BCUT2D eigenvalue weighted by molar-refractivity contribution is 5.82. The summed E-state index contributed by atoms with van der Waals surface area (Å²) in [6.07, 6.45) is 0. The van der Waals surface area contributed by atoms with Crippen LogP contribution in [0.3, 0.4) is 0 Å². The van der Waals surface area contributed by atoms with Gasteiger partial charge in [-0.3, -0.25) is 19.1 Å². The SMILES string of the molecule is CNC(=O)[C@@H]1CN(C(C)=O)CCN(C(=O)Cn2nc(C)cc2C)C1. The Morgan fingerprint density at radius 3 is 2.38 bits per heavy atom. The predicted molar refractivity (Wildman–Crippen MR) is 88.1 cm³/mol. The smallest absolute Gasteiger partial charge is 0.244 e. The summed E-state index contributed by atoms with van der Waals surface area (Å²) in [4.78, 5) is 39.7. The minimum absolute atomic E-state index is 0.0863. The van der Waals surface area contributed by atoms with Crippen LogP contribution < -0.4 is 5.32 Å². The highest BCUT2D eigenvalue weighted by atomic mass is 16.2. The van der Waals surface area contributed by atoms with E-state index in [-0.39, 0.29) is 24.3 Å². The van der Waals surface area contributed by atoms with Crippen LogP contribution >= 0.6 is 0 Å². The summed E-state index contributed by atoms with van der Waals surface area (Å²) in [6, 6.07) is 1.92. The van der Waals surface area contributed by atoms with Crippen molar-refractivity contribution in [1.82, 2.24) is 24.9 Å². The van der Waals surface area contributed by atoms with E-state index in [0.29, 0.717) is 26.2 Å². The first-order valence-corrected chi connectivity index (χ1v) is 8.07. The molecule has 0 aliphatic carbocycles. The summed E-state index contributed by atoms with van der Waals surface area (Å²) < 4.78 is 1.67. The topological polar surface area (TPSA) is 87.5 Å². The van der Waals surface area contributed by atoms with E-state index in [1.54, 1.807) is 21.5 Å². The molecule has 0 radical (unpaired) electrons. The minimum atomic E-state index is -0.425. The van der Waals surface area contributed by atoms with Crippen molar-refractivity contribution in [3.05, 3.63) is 17.5 Å². The van der Waals surface area contributed by atoms with Gasteiger partial charge in [0.05, 0.1) is 11.6 Å². The van der Waals surface area contributed by atoms with Crippen molar-refractivity contribution < 1.29 is 14.4 Å². The number of rotatable bonds is 3. The standard InChI is InChI=1S/C16H25N5O3/c1-11-7-12(2)21(18-11)10-15(23)20-6-5-19(13(3)22)8-14(9-20)16(24)17-4/h7,14H,5-6,8-10H2,1-4H3,(H,17,24)/t14-/m1/s1. The molecule has 2 rings (SSSR count). The fourth-order valence-electron chi connectivity index (χ4n) is 2.96. The molecule has 1 aliphatic rings. The number of aryl methyl sites for hydroxylation is 2. The molecule has 0 saturated carbocycles. The Balaban J connectivity index is 2.12. The maximum Gasteiger partial charge on any atom is 0.244 e. The fraction of sp³-hybridized carbons (Fsp3) is 0.625. The van der Waals surface area contributed by atoms with Crippen LogP contribution in [0.4, 0.5) is 0 Å². The summed E-state index contributed by atoms with van der Waals surface area (Å²) in [6.45, 7) is 6.90. The number of hydrogen-bond donors (Lipinski definition) is 1. The lowest BCUT2D eigenvalue weighted by Gasteiger charge is -2.23. The molecule has 0 aromatic carbocycles. The first kappa shape index (κ1) is 18.0. The van der Waals surface area contributed by atoms with Crippen molar-refractivity contribution in [1.29, 1.82) is 0 Å². The Bertz CT molecular complexity index is 640. The second-order valence-electron chi connectivity index (χ2n) is 6.20. The number of carbonyl (C=O) groups excluding carboxylic acids is 3. The Kier molecular flexibility index (Phi) is 5.58. The molecule has 8 heteroatoms. The summed E-state index contributed by atoms with van der Waals surface area (Å²) in [7, 11) is 1.56. The van der Waals surface area contributed by atoms with Gasteiger partial charge < -0.3 is 15.1 Å². The third-order valence-electron chi connectivity index (χ3n) is 4.32. The summed E-state index contributed by atoms with van der Waals surface area (Å²) >= 11 is 0. The second-order valence-corrected chi connectivity index (χ2v) is 6.20. The zero-order valence-corrected chi connectivity index (χ0v) is 14.7. The molecule has 1 fully saturated rings. The van der Waals surface area contributed by atoms with Gasteiger partial charge in [0.25, 0.3) is 0 Å². The summed E-state index contributed by atoms with van der Waals surface area (Å²) in [5.74, 6) is -0.768. The Morgan fingerprint density at radius 2 is 1.83 bits per heavy atom. The lowest BCUT2D eigenvalue weighted by molar-refractivity contribution is -0.133. The van der Waals surface area contributed by atoms with Gasteiger partial charge in [-0.25, -0.2) is 0 Å². The van der Waals surface area contributed by atoms with Gasteiger partial charge in [0.15, 0.2) is 0 Å². The largest absolute Gasteiger partial charge is 0.359 e. The molecule has 1 aliphatic heterocycles. The van der Waals surface area contributed by atoms with E-state index in [1.165, 1.54) is 6.92 Å². The van der Waals surface area contributed by atoms with Crippen LogP contribution in [0.1, 0.15) is 18.3 Å². The van der Waals surface area contributed by atoms with Crippen LogP contribution in [-0.2, 0) is 20.9 Å².